The molecule has 0 saturated carbocycles. The Kier molecular flexibility index (Phi) is 10.4. The van der Waals surface area contributed by atoms with Gasteiger partial charge in [-0.1, -0.05) is 0 Å². The van der Waals surface area contributed by atoms with Gasteiger partial charge in [0.15, 0.2) is 5.78 Å². The molecule has 3 atom stereocenters. The van der Waals surface area contributed by atoms with Crippen LogP contribution in [0.1, 0.15) is 47.5 Å². The highest BCUT2D eigenvalue weighted by Crippen LogP contribution is 2.53. The molecule has 0 aliphatic carbocycles. The van der Waals surface area contributed by atoms with Gasteiger partial charge in [0.05, 0.1) is 12.6 Å². The summed E-state index contributed by atoms with van der Waals surface area (Å²) in [6.07, 6.45) is -1.02. The van der Waals surface area contributed by atoms with Crippen LogP contribution in [0.2, 0.25) is 0 Å². The monoisotopic (exact) mass is 352 g/mol. The van der Waals surface area contributed by atoms with E-state index in [-0.39, 0.29) is 37.7 Å². The molecule has 0 aromatic rings. The number of nitrogens with zero attached hydrogens (tertiary/aromatic N) is 1. The van der Waals surface area contributed by atoms with E-state index >= 15 is 0 Å². The Morgan fingerprint density at radius 2 is 1.74 bits per heavy atom. The van der Waals surface area contributed by atoms with Gasteiger partial charge in [0.2, 0.25) is 0 Å². The van der Waals surface area contributed by atoms with Crippen LogP contribution in [0.15, 0.2) is 0 Å². The van der Waals surface area contributed by atoms with Crippen LogP contribution in [0.25, 0.3) is 0 Å². The number of aliphatic hydroxyl groups excluding tert-OH is 2. The predicted molar refractivity (Wildman–Crippen MR) is 91.5 cm³/mol. The van der Waals surface area contributed by atoms with Crippen molar-refractivity contribution in [2.45, 2.75) is 71.7 Å². The number of aliphatic hydroxyl groups is 2. The molecular weight excluding hydrogens is 319 g/mol. The maximum atomic E-state index is 13.3. The topological polar surface area (TPSA) is 113 Å². The van der Waals surface area contributed by atoms with Crippen molar-refractivity contribution < 1.29 is 24.1 Å². The third-order valence-electron chi connectivity index (χ3n) is 3.56. The average molecular weight is 352 g/mol. The summed E-state index contributed by atoms with van der Waals surface area (Å²) in [6, 6.07) is -0.870. The number of Topliss-reactive ketones (excluding diaryl/α,β-unsaturated/α-hetero) is 1. The SMILES string of the molecule is CCOP(=O)(CCC(N)C(=O)C(O)CCO)N(C(C)C)C(C)C. The lowest BCUT2D eigenvalue weighted by Gasteiger charge is -2.37. The van der Waals surface area contributed by atoms with E-state index in [9.17, 15) is 14.5 Å². The third kappa shape index (κ3) is 6.99. The molecule has 0 radical (unpaired) electrons. The Balaban J connectivity index is 5.01. The minimum Gasteiger partial charge on any atom is -0.396 e. The largest absolute Gasteiger partial charge is 0.396 e. The van der Waals surface area contributed by atoms with E-state index in [1.807, 2.05) is 32.4 Å². The number of hydrogen-bond donors (Lipinski definition) is 3. The quantitative estimate of drug-likeness (QED) is 0.455. The van der Waals surface area contributed by atoms with Crippen molar-refractivity contribution in [1.29, 1.82) is 0 Å². The maximum absolute atomic E-state index is 13.3. The van der Waals surface area contributed by atoms with Gasteiger partial charge in [-0.3, -0.25) is 9.36 Å². The van der Waals surface area contributed by atoms with E-state index < -0.39 is 25.4 Å². The minimum atomic E-state index is -3.11. The highest BCUT2D eigenvalue weighted by atomic mass is 31.2. The zero-order valence-corrected chi connectivity index (χ0v) is 15.8. The lowest BCUT2D eigenvalue weighted by Crippen LogP contribution is -2.41. The molecule has 0 aromatic carbocycles. The molecule has 0 heterocycles. The van der Waals surface area contributed by atoms with Crippen molar-refractivity contribution in [1.82, 2.24) is 4.67 Å². The number of rotatable bonds is 12. The van der Waals surface area contributed by atoms with Gasteiger partial charge in [0.1, 0.15) is 6.10 Å². The zero-order chi connectivity index (χ0) is 18.2. The molecule has 0 amide bonds. The van der Waals surface area contributed by atoms with Gasteiger partial charge in [0, 0.05) is 31.3 Å². The number of ketones is 1. The van der Waals surface area contributed by atoms with Gasteiger partial charge < -0.3 is 20.5 Å². The summed E-state index contributed by atoms with van der Waals surface area (Å²) in [7, 11) is -3.11. The van der Waals surface area contributed by atoms with Gasteiger partial charge >= 0.3 is 0 Å². The van der Waals surface area contributed by atoms with Crippen LogP contribution in [0.4, 0.5) is 0 Å². The standard InChI is InChI=1S/C15H33N2O5P/c1-6-22-23(21,17(11(2)3)12(4)5)10-8-13(16)15(20)14(19)7-9-18/h11-14,18-19H,6-10,16H2,1-5H3. The molecule has 0 aliphatic rings. The van der Waals surface area contributed by atoms with Gasteiger partial charge in [-0.05, 0) is 41.0 Å². The lowest BCUT2D eigenvalue weighted by molar-refractivity contribution is -0.129. The maximum Gasteiger partial charge on any atom is 0.272 e. The summed E-state index contributed by atoms with van der Waals surface area (Å²) in [4.78, 5) is 11.9. The van der Waals surface area contributed by atoms with E-state index in [2.05, 4.69) is 0 Å². The fourth-order valence-corrected chi connectivity index (χ4v) is 5.61. The van der Waals surface area contributed by atoms with E-state index in [1.165, 1.54) is 0 Å². The summed E-state index contributed by atoms with van der Waals surface area (Å²) in [5, 5.41) is 18.4. The van der Waals surface area contributed by atoms with Crippen LogP contribution in [-0.4, -0.2) is 64.3 Å². The summed E-state index contributed by atoms with van der Waals surface area (Å²) in [6.45, 7) is 9.59. The fourth-order valence-electron chi connectivity index (χ4n) is 2.70. The van der Waals surface area contributed by atoms with Crippen LogP contribution in [-0.2, 0) is 13.9 Å². The highest BCUT2D eigenvalue weighted by Gasteiger charge is 2.36. The molecular formula is C15H33N2O5P. The fraction of sp³-hybridized carbons (Fsp3) is 0.933. The molecule has 0 saturated heterocycles. The summed E-state index contributed by atoms with van der Waals surface area (Å²) in [5.74, 6) is -0.539. The van der Waals surface area contributed by atoms with Crippen molar-refractivity contribution in [2.24, 2.45) is 5.73 Å². The first-order chi connectivity index (χ1) is 10.6. The molecule has 138 valence electrons. The van der Waals surface area contributed by atoms with E-state index in [0.29, 0.717) is 6.61 Å². The molecule has 0 fully saturated rings. The lowest BCUT2D eigenvalue weighted by atomic mass is 10.0. The Hall–Kier alpha value is -0.300. The minimum absolute atomic E-state index is 0.0271. The molecule has 0 bridgehead atoms. The van der Waals surface area contributed by atoms with Crippen molar-refractivity contribution in [3.63, 3.8) is 0 Å². The number of carbonyl (C=O) groups excluding carboxylic acids is 1. The highest BCUT2D eigenvalue weighted by molar-refractivity contribution is 7.56. The molecule has 4 N–H and O–H groups in total. The molecule has 7 nitrogen and oxygen atoms in total. The Morgan fingerprint density at radius 3 is 2.13 bits per heavy atom. The van der Waals surface area contributed by atoms with Gasteiger partial charge in [-0.2, -0.15) is 0 Å². The molecule has 0 aliphatic heterocycles. The first-order valence-corrected chi connectivity index (χ1v) is 9.97. The number of hydrogen-bond acceptors (Lipinski definition) is 6. The van der Waals surface area contributed by atoms with Crippen LogP contribution < -0.4 is 5.73 Å². The van der Waals surface area contributed by atoms with E-state index in [0.717, 1.165) is 0 Å². The smallest absolute Gasteiger partial charge is 0.272 e. The zero-order valence-electron chi connectivity index (χ0n) is 14.9. The Morgan fingerprint density at radius 1 is 1.22 bits per heavy atom. The summed E-state index contributed by atoms with van der Waals surface area (Å²) in [5.41, 5.74) is 5.82. The molecule has 8 heteroatoms. The van der Waals surface area contributed by atoms with Gasteiger partial charge in [-0.15, -0.1) is 0 Å². The van der Waals surface area contributed by atoms with Gasteiger partial charge in [-0.25, -0.2) is 4.67 Å². The second-order valence-corrected chi connectivity index (χ2v) is 8.61. The van der Waals surface area contributed by atoms with Crippen LogP contribution >= 0.6 is 7.52 Å². The number of nitrogens with two attached hydrogens (primary N) is 1. The van der Waals surface area contributed by atoms with Crippen LogP contribution in [0.5, 0.6) is 0 Å². The molecule has 0 aromatic heterocycles. The van der Waals surface area contributed by atoms with E-state index in [4.69, 9.17) is 15.4 Å². The summed E-state index contributed by atoms with van der Waals surface area (Å²) >= 11 is 0. The van der Waals surface area contributed by atoms with Crippen LogP contribution in [0, 0.1) is 0 Å². The second-order valence-electron chi connectivity index (χ2n) is 6.17. The summed E-state index contributed by atoms with van der Waals surface area (Å²) < 4.78 is 20.6. The molecule has 0 rings (SSSR count). The van der Waals surface area contributed by atoms with Crippen molar-refractivity contribution in [2.75, 3.05) is 19.4 Å². The molecule has 23 heavy (non-hydrogen) atoms. The Labute approximate surface area is 139 Å². The first-order valence-electron chi connectivity index (χ1n) is 8.21. The van der Waals surface area contributed by atoms with Crippen molar-refractivity contribution in [3.8, 4) is 0 Å². The third-order valence-corrected chi connectivity index (χ3v) is 6.67. The average Bonchev–Trinajstić information content (AvgIpc) is 2.43. The predicted octanol–water partition coefficient (Wildman–Crippen LogP) is 1.36. The van der Waals surface area contributed by atoms with E-state index in [1.54, 1.807) is 6.92 Å². The first kappa shape index (κ1) is 22.7. The van der Waals surface area contributed by atoms with Crippen molar-refractivity contribution >= 4 is 13.3 Å². The Bertz CT molecular complexity index is 395. The van der Waals surface area contributed by atoms with Gasteiger partial charge in [0.25, 0.3) is 7.52 Å². The normalized spacial score (nSPS) is 17.5. The van der Waals surface area contributed by atoms with Crippen LogP contribution in [0.3, 0.4) is 0 Å². The van der Waals surface area contributed by atoms with Crippen molar-refractivity contribution in [3.05, 3.63) is 0 Å². The molecule has 0 spiro atoms. The second kappa shape index (κ2) is 10.5. The molecule has 3 unspecified atom stereocenters. The number of carbonyl (C=O) groups is 1.